The van der Waals surface area contributed by atoms with Crippen LogP contribution in [-0.2, 0) is 4.79 Å². The molecule has 28 heavy (non-hydrogen) atoms. The maximum absolute atomic E-state index is 12.6. The van der Waals surface area contributed by atoms with Gasteiger partial charge in [0.1, 0.15) is 11.4 Å². The number of nitrogens with zero attached hydrogens (tertiary/aromatic N) is 2. The van der Waals surface area contributed by atoms with Crippen molar-refractivity contribution in [1.29, 1.82) is 0 Å². The van der Waals surface area contributed by atoms with Gasteiger partial charge in [-0.25, -0.2) is 0 Å². The number of hydrogen-bond donors (Lipinski definition) is 0. The van der Waals surface area contributed by atoms with Crippen LogP contribution in [0.4, 0.5) is 5.69 Å². The Morgan fingerprint density at radius 2 is 1.68 bits per heavy atom. The third-order valence-corrected chi connectivity index (χ3v) is 5.23. The zero-order chi connectivity index (χ0) is 20.3. The molecule has 6 nitrogen and oxygen atoms in total. The number of carbonyl (C=O) groups is 2. The van der Waals surface area contributed by atoms with Crippen molar-refractivity contribution in [1.82, 2.24) is 4.90 Å². The first-order chi connectivity index (χ1) is 13.3. The lowest BCUT2D eigenvalue weighted by Gasteiger charge is -2.36. The van der Waals surface area contributed by atoms with E-state index in [0.29, 0.717) is 37.5 Å². The van der Waals surface area contributed by atoms with Crippen molar-refractivity contribution in [3.05, 3.63) is 58.6 Å². The van der Waals surface area contributed by atoms with Crippen molar-refractivity contribution in [3.63, 3.8) is 0 Å². The highest BCUT2D eigenvalue weighted by molar-refractivity contribution is 9.10. The zero-order valence-electron chi connectivity index (χ0n) is 15.9. The molecule has 1 aliphatic rings. The van der Waals surface area contributed by atoms with E-state index in [1.165, 1.54) is 13.8 Å². The average molecular weight is 446 g/mol. The number of rotatable bonds is 5. The standard InChI is InChI=1S/C21H23BrN2O4/c1-21(2,20(26)27)28-18-5-3-4-17(14-18)23-10-12-24(13-11-23)19(25)15-6-8-16(22)9-7-15/h3-9,14H,10-13H2,1-2H3,(H,26,27)/p-1. The van der Waals surface area contributed by atoms with Crippen LogP contribution in [0, 0.1) is 0 Å². The van der Waals surface area contributed by atoms with Crippen molar-refractivity contribution in [3.8, 4) is 5.75 Å². The van der Waals surface area contributed by atoms with Crippen molar-refractivity contribution in [2.75, 3.05) is 31.1 Å². The SMILES string of the molecule is CC(C)(Oc1cccc(N2CCN(C(=O)c3ccc(Br)cc3)CC2)c1)C(=O)[O-]. The van der Waals surface area contributed by atoms with Crippen LogP contribution in [0.15, 0.2) is 53.0 Å². The van der Waals surface area contributed by atoms with Gasteiger partial charge in [0.25, 0.3) is 5.91 Å². The Labute approximate surface area is 172 Å². The molecule has 0 aromatic heterocycles. The van der Waals surface area contributed by atoms with Crippen LogP contribution < -0.4 is 14.7 Å². The molecule has 7 heteroatoms. The number of benzene rings is 2. The summed E-state index contributed by atoms with van der Waals surface area (Å²) in [6.07, 6.45) is 0. The molecule has 0 bridgehead atoms. The summed E-state index contributed by atoms with van der Waals surface area (Å²) in [5.41, 5.74) is 0.202. The first-order valence-electron chi connectivity index (χ1n) is 9.06. The Bertz CT molecular complexity index is 859. The highest BCUT2D eigenvalue weighted by Gasteiger charge is 2.24. The Morgan fingerprint density at radius 1 is 1.04 bits per heavy atom. The Balaban J connectivity index is 1.63. The lowest BCUT2D eigenvalue weighted by Crippen LogP contribution is -2.49. The molecule has 1 aliphatic heterocycles. The summed E-state index contributed by atoms with van der Waals surface area (Å²) in [5.74, 6) is -0.766. The average Bonchev–Trinajstić information content (AvgIpc) is 2.68. The van der Waals surface area contributed by atoms with Gasteiger partial charge in [0.15, 0.2) is 0 Å². The number of piperazine rings is 1. The van der Waals surface area contributed by atoms with Gasteiger partial charge in [0, 0.05) is 48.0 Å². The maximum atomic E-state index is 12.6. The molecule has 0 radical (unpaired) electrons. The fourth-order valence-electron chi connectivity index (χ4n) is 3.02. The molecule has 1 fully saturated rings. The van der Waals surface area contributed by atoms with Crippen LogP contribution in [0.3, 0.4) is 0 Å². The molecule has 1 amide bonds. The molecule has 0 N–H and O–H groups in total. The molecule has 2 aromatic carbocycles. The number of halogens is 1. The zero-order valence-corrected chi connectivity index (χ0v) is 17.4. The Morgan fingerprint density at radius 3 is 2.29 bits per heavy atom. The van der Waals surface area contributed by atoms with Gasteiger partial charge in [0.05, 0.1) is 5.97 Å². The minimum Gasteiger partial charge on any atom is -0.546 e. The second-order valence-electron chi connectivity index (χ2n) is 7.18. The van der Waals surface area contributed by atoms with Crippen LogP contribution in [-0.4, -0.2) is 48.6 Å². The fourth-order valence-corrected chi connectivity index (χ4v) is 3.29. The van der Waals surface area contributed by atoms with Gasteiger partial charge in [-0.3, -0.25) is 4.79 Å². The minimum absolute atomic E-state index is 0.0277. The van der Waals surface area contributed by atoms with Crippen LogP contribution in [0.5, 0.6) is 5.75 Å². The molecular formula is C21H22BrN2O4-. The number of carboxylic acid groups (broad SMARTS) is 1. The van der Waals surface area contributed by atoms with Crippen molar-refractivity contribution >= 4 is 33.5 Å². The number of carboxylic acids is 1. The molecule has 3 rings (SSSR count). The predicted molar refractivity (Wildman–Crippen MR) is 108 cm³/mol. The highest BCUT2D eigenvalue weighted by atomic mass is 79.9. The number of ether oxygens (including phenoxy) is 1. The fraction of sp³-hybridized carbons (Fsp3) is 0.333. The Kier molecular flexibility index (Phi) is 5.93. The second kappa shape index (κ2) is 8.22. The monoisotopic (exact) mass is 445 g/mol. The largest absolute Gasteiger partial charge is 0.546 e. The van der Waals surface area contributed by atoms with Crippen molar-refractivity contribution in [2.24, 2.45) is 0 Å². The molecule has 0 spiro atoms. The molecule has 0 aliphatic carbocycles. The van der Waals surface area contributed by atoms with Crippen LogP contribution in [0.25, 0.3) is 0 Å². The van der Waals surface area contributed by atoms with Gasteiger partial charge >= 0.3 is 0 Å². The lowest BCUT2D eigenvalue weighted by molar-refractivity contribution is -0.320. The van der Waals surface area contributed by atoms with Crippen LogP contribution in [0.1, 0.15) is 24.2 Å². The van der Waals surface area contributed by atoms with Crippen LogP contribution >= 0.6 is 15.9 Å². The van der Waals surface area contributed by atoms with Gasteiger partial charge in [-0.05, 0) is 50.2 Å². The molecule has 0 saturated carbocycles. The number of aliphatic carboxylic acids is 1. The summed E-state index contributed by atoms with van der Waals surface area (Å²) < 4.78 is 6.51. The number of carbonyl (C=O) groups excluding carboxylic acids is 2. The summed E-state index contributed by atoms with van der Waals surface area (Å²) in [5, 5.41) is 11.2. The molecule has 2 aromatic rings. The van der Waals surface area contributed by atoms with Gasteiger partial charge in [0.2, 0.25) is 0 Å². The predicted octanol–water partition coefficient (Wildman–Crippen LogP) is 2.32. The molecule has 148 valence electrons. The van der Waals surface area contributed by atoms with E-state index >= 15 is 0 Å². The van der Waals surface area contributed by atoms with E-state index in [0.717, 1.165) is 10.2 Å². The van der Waals surface area contributed by atoms with E-state index < -0.39 is 11.6 Å². The molecule has 0 unspecified atom stereocenters. The summed E-state index contributed by atoms with van der Waals surface area (Å²) in [4.78, 5) is 27.8. The topological polar surface area (TPSA) is 72.9 Å². The number of hydrogen-bond acceptors (Lipinski definition) is 5. The number of amides is 1. The number of anilines is 1. The van der Waals surface area contributed by atoms with E-state index in [1.807, 2.05) is 47.4 Å². The van der Waals surface area contributed by atoms with E-state index in [4.69, 9.17) is 4.74 Å². The summed E-state index contributed by atoms with van der Waals surface area (Å²) in [6.45, 7) is 5.53. The van der Waals surface area contributed by atoms with Gasteiger partial charge < -0.3 is 24.4 Å². The molecular weight excluding hydrogens is 424 g/mol. The van der Waals surface area contributed by atoms with Crippen molar-refractivity contribution < 1.29 is 19.4 Å². The minimum atomic E-state index is -1.41. The van der Waals surface area contributed by atoms with E-state index in [1.54, 1.807) is 6.07 Å². The summed E-state index contributed by atoms with van der Waals surface area (Å²) >= 11 is 3.38. The normalized spacial score (nSPS) is 14.7. The first-order valence-corrected chi connectivity index (χ1v) is 9.86. The highest BCUT2D eigenvalue weighted by Crippen LogP contribution is 2.25. The first kappa shape index (κ1) is 20.2. The van der Waals surface area contributed by atoms with Crippen molar-refractivity contribution in [2.45, 2.75) is 19.4 Å². The molecule has 1 heterocycles. The van der Waals surface area contributed by atoms with Crippen LogP contribution in [0.2, 0.25) is 0 Å². The third-order valence-electron chi connectivity index (χ3n) is 4.71. The summed E-state index contributed by atoms with van der Waals surface area (Å²) in [6, 6.07) is 14.7. The van der Waals surface area contributed by atoms with E-state index in [2.05, 4.69) is 20.8 Å². The smallest absolute Gasteiger partial charge is 0.253 e. The van der Waals surface area contributed by atoms with E-state index in [9.17, 15) is 14.7 Å². The second-order valence-corrected chi connectivity index (χ2v) is 8.10. The molecule has 0 atom stereocenters. The maximum Gasteiger partial charge on any atom is 0.253 e. The van der Waals surface area contributed by atoms with E-state index in [-0.39, 0.29) is 5.91 Å². The third kappa shape index (κ3) is 4.65. The summed E-state index contributed by atoms with van der Waals surface area (Å²) in [7, 11) is 0. The quantitative estimate of drug-likeness (QED) is 0.705. The lowest BCUT2D eigenvalue weighted by atomic mass is 10.1. The Hall–Kier alpha value is -2.54. The van der Waals surface area contributed by atoms with Gasteiger partial charge in [-0.15, -0.1) is 0 Å². The molecule has 1 saturated heterocycles. The van der Waals surface area contributed by atoms with Gasteiger partial charge in [-0.2, -0.15) is 0 Å². The van der Waals surface area contributed by atoms with Gasteiger partial charge in [-0.1, -0.05) is 22.0 Å².